The molecule has 1 aliphatic rings. The van der Waals surface area contributed by atoms with Gasteiger partial charge in [0.1, 0.15) is 5.75 Å². The summed E-state index contributed by atoms with van der Waals surface area (Å²) in [4.78, 5) is 14.9. The number of hydrogen-bond donors (Lipinski definition) is 1. The number of rotatable bonds is 6. The number of carbonyl (C=O) groups excluding carboxylic acids is 1. The lowest BCUT2D eigenvalue weighted by molar-refractivity contribution is -0.117. The molecule has 0 aliphatic carbocycles. The number of nitrogens with zero attached hydrogens (tertiary/aromatic N) is 2. The Labute approximate surface area is 191 Å². The highest BCUT2D eigenvalue weighted by atomic mass is 32.2. The van der Waals surface area contributed by atoms with Gasteiger partial charge in [0.25, 0.3) is 0 Å². The van der Waals surface area contributed by atoms with E-state index in [0.717, 1.165) is 27.8 Å². The van der Waals surface area contributed by atoms with Crippen molar-refractivity contribution in [3.63, 3.8) is 0 Å². The van der Waals surface area contributed by atoms with E-state index in [1.807, 2.05) is 51.7 Å². The number of sulfonamides is 1. The number of anilines is 1. The summed E-state index contributed by atoms with van der Waals surface area (Å²) < 4.78 is 33.8. The van der Waals surface area contributed by atoms with Crippen LogP contribution in [0.1, 0.15) is 27.8 Å². The smallest absolute Gasteiger partial charge is 0.243 e. The third-order valence-electron chi connectivity index (χ3n) is 6.61. The van der Waals surface area contributed by atoms with E-state index in [1.54, 1.807) is 23.5 Å². The zero-order valence-corrected chi connectivity index (χ0v) is 20.6. The fourth-order valence-electron chi connectivity index (χ4n) is 4.25. The number of para-hydroxylation sites is 2. The molecule has 174 valence electrons. The van der Waals surface area contributed by atoms with Crippen molar-refractivity contribution in [2.45, 2.75) is 39.5 Å². The first-order valence-corrected chi connectivity index (χ1v) is 12.2. The van der Waals surface area contributed by atoms with Gasteiger partial charge in [-0.2, -0.15) is 4.31 Å². The Bertz CT molecular complexity index is 1090. The molecule has 2 aromatic rings. The minimum Gasteiger partial charge on any atom is -0.495 e. The second kappa shape index (κ2) is 9.60. The molecule has 0 radical (unpaired) electrons. The Balaban J connectivity index is 1.68. The van der Waals surface area contributed by atoms with E-state index in [1.165, 1.54) is 0 Å². The van der Waals surface area contributed by atoms with Gasteiger partial charge in [0.2, 0.25) is 15.9 Å². The van der Waals surface area contributed by atoms with Crippen molar-refractivity contribution in [2.24, 2.45) is 0 Å². The van der Waals surface area contributed by atoms with E-state index in [9.17, 15) is 13.2 Å². The Morgan fingerprint density at radius 2 is 1.44 bits per heavy atom. The van der Waals surface area contributed by atoms with Crippen LogP contribution in [-0.4, -0.2) is 63.4 Å². The van der Waals surface area contributed by atoms with Crippen LogP contribution in [0.2, 0.25) is 0 Å². The molecule has 0 spiro atoms. The van der Waals surface area contributed by atoms with Gasteiger partial charge in [0.05, 0.1) is 24.2 Å². The van der Waals surface area contributed by atoms with Crippen LogP contribution in [0.5, 0.6) is 5.75 Å². The Morgan fingerprint density at radius 3 is 2.00 bits per heavy atom. The number of methoxy groups -OCH3 is 1. The molecular weight excluding hydrogens is 426 g/mol. The van der Waals surface area contributed by atoms with Gasteiger partial charge in [0.15, 0.2) is 0 Å². The van der Waals surface area contributed by atoms with Crippen LogP contribution < -0.4 is 10.1 Å². The van der Waals surface area contributed by atoms with Crippen molar-refractivity contribution in [2.75, 3.05) is 45.2 Å². The molecule has 1 amide bonds. The molecule has 0 aromatic heterocycles. The molecule has 1 saturated heterocycles. The third kappa shape index (κ3) is 4.67. The van der Waals surface area contributed by atoms with E-state index in [2.05, 4.69) is 5.32 Å². The second-order valence-corrected chi connectivity index (χ2v) is 10.3. The van der Waals surface area contributed by atoms with Gasteiger partial charge in [-0.25, -0.2) is 8.42 Å². The predicted molar refractivity (Wildman–Crippen MR) is 127 cm³/mol. The van der Waals surface area contributed by atoms with Crippen LogP contribution in [0.4, 0.5) is 5.69 Å². The maximum atomic E-state index is 13.5. The normalized spacial score (nSPS) is 15.6. The van der Waals surface area contributed by atoms with E-state index in [4.69, 9.17) is 4.74 Å². The summed E-state index contributed by atoms with van der Waals surface area (Å²) in [5, 5.41) is 2.87. The molecule has 8 heteroatoms. The van der Waals surface area contributed by atoms with Crippen molar-refractivity contribution in [3.05, 3.63) is 52.1 Å². The van der Waals surface area contributed by atoms with Crippen molar-refractivity contribution in [1.82, 2.24) is 9.21 Å². The number of ether oxygens (including phenoxy) is 1. The quantitative estimate of drug-likeness (QED) is 0.718. The molecule has 32 heavy (non-hydrogen) atoms. The standard InChI is InChI=1S/C24H33N3O4S/c1-16-17(2)19(4)24(20(5)18(16)3)32(29,30)27-13-11-26(12-14-27)15-23(28)25-21-9-7-8-10-22(21)31-6/h7-10H,11-15H2,1-6H3,(H,25,28). The Morgan fingerprint density at radius 1 is 0.906 bits per heavy atom. The van der Waals surface area contributed by atoms with Crippen LogP contribution in [-0.2, 0) is 14.8 Å². The first-order valence-electron chi connectivity index (χ1n) is 10.8. The van der Waals surface area contributed by atoms with Gasteiger partial charge in [-0.15, -0.1) is 0 Å². The molecule has 1 fully saturated rings. The Kier molecular flexibility index (Phi) is 7.27. The fourth-order valence-corrected chi connectivity index (χ4v) is 6.23. The van der Waals surface area contributed by atoms with Crippen molar-refractivity contribution >= 4 is 21.6 Å². The van der Waals surface area contributed by atoms with Gasteiger partial charge in [-0.1, -0.05) is 12.1 Å². The van der Waals surface area contributed by atoms with Gasteiger partial charge in [-0.05, 0) is 74.6 Å². The monoisotopic (exact) mass is 459 g/mol. The summed E-state index contributed by atoms with van der Waals surface area (Å²) in [5.41, 5.74) is 5.46. The maximum Gasteiger partial charge on any atom is 0.243 e. The summed E-state index contributed by atoms with van der Waals surface area (Å²) in [6.07, 6.45) is 0. The van der Waals surface area contributed by atoms with E-state index < -0.39 is 10.0 Å². The number of amides is 1. The van der Waals surface area contributed by atoms with Crippen molar-refractivity contribution in [3.8, 4) is 5.75 Å². The van der Waals surface area contributed by atoms with Crippen molar-refractivity contribution < 1.29 is 17.9 Å². The highest BCUT2D eigenvalue weighted by Gasteiger charge is 2.32. The lowest BCUT2D eigenvalue weighted by Crippen LogP contribution is -2.50. The molecule has 0 bridgehead atoms. The lowest BCUT2D eigenvalue weighted by atomic mass is 9.95. The number of benzene rings is 2. The minimum atomic E-state index is -3.61. The number of nitrogens with one attached hydrogen (secondary N) is 1. The first-order chi connectivity index (χ1) is 15.1. The SMILES string of the molecule is COc1ccccc1NC(=O)CN1CCN(S(=O)(=O)c2c(C)c(C)c(C)c(C)c2C)CC1. The zero-order valence-electron chi connectivity index (χ0n) is 19.8. The molecule has 0 saturated carbocycles. The van der Waals surface area contributed by atoms with Crippen LogP contribution >= 0.6 is 0 Å². The molecule has 1 aliphatic heterocycles. The molecule has 7 nitrogen and oxygen atoms in total. The molecule has 1 N–H and O–H groups in total. The topological polar surface area (TPSA) is 79.0 Å². The molecule has 0 unspecified atom stereocenters. The largest absolute Gasteiger partial charge is 0.495 e. The lowest BCUT2D eigenvalue weighted by Gasteiger charge is -2.34. The van der Waals surface area contributed by atoms with Gasteiger partial charge < -0.3 is 10.1 Å². The van der Waals surface area contributed by atoms with Crippen molar-refractivity contribution in [1.29, 1.82) is 0 Å². The Hall–Kier alpha value is -2.42. The highest BCUT2D eigenvalue weighted by Crippen LogP contribution is 2.32. The molecule has 2 aromatic carbocycles. The minimum absolute atomic E-state index is 0.151. The van der Waals surface area contributed by atoms with Crippen LogP contribution in [0, 0.1) is 34.6 Å². The number of carbonyl (C=O) groups is 1. The maximum absolute atomic E-state index is 13.5. The van der Waals surface area contributed by atoms with E-state index in [-0.39, 0.29) is 12.5 Å². The summed E-state index contributed by atoms with van der Waals surface area (Å²) >= 11 is 0. The molecular formula is C24H33N3O4S. The summed E-state index contributed by atoms with van der Waals surface area (Å²) in [6, 6.07) is 7.25. The fraction of sp³-hybridized carbons (Fsp3) is 0.458. The summed E-state index contributed by atoms with van der Waals surface area (Å²) in [7, 11) is -2.04. The molecule has 0 atom stereocenters. The van der Waals surface area contributed by atoms with Gasteiger partial charge in [-0.3, -0.25) is 9.69 Å². The first kappa shape index (κ1) is 24.2. The zero-order chi connectivity index (χ0) is 23.6. The van der Waals surface area contributed by atoms with Gasteiger partial charge >= 0.3 is 0 Å². The number of hydrogen-bond acceptors (Lipinski definition) is 5. The molecule has 3 rings (SSSR count). The van der Waals surface area contributed by atoms with Crippen LogP contribution in [0.25, 0.3) is 0 Å². The molecule has 1 heterocycles. The van der Waals surface area contributed by atoms with E-state index in [0.29, 0.717) is 42.5 Å². The second-order valence-electron chi connectivity index (χ2n) is 8.38. The van der Waals surface area contributed by atoms with Crippen LogP contribution in [0.15, 0.2) is 29.2 Å². The third-order valence-corrected chi connectivity index (χ3v) is 8.78. The average molecular weight is 460 g/mol. The average Bonchev–Trinajstić information content (AvgIpc) is 2.77. The van der Waals surface area contributed by atoms with Crippen LogP contribution in [0.3, 0.4) is 0 Å². The van der Waals surface area contributed by atoms with E-state index >= 15 is 0 Å². The van der Waals surface area contributed by atoms with Gasteiger partial charge in [0, 0.05) is 26.2 Å². The highest BCUT2D eigenvalue weighted by molar-refractivity contribution is 7.89. The summed E-state index contributed by atoms with van der Waals surface area (Å²) in [5.74, 6) is 0.452. The summed E-state index contributed by atoms with van der Waals surface area (Å²) in [6.45, 7) is 11.7. The number of piperazine rings is 1. The predicted octanol–water partition coefficient (Wildman–Crippen LogP) is 3.18.